The lowest BCUT2D eigenvalue weighted by molar-refractivity contribution is -0.138. The van der Waals surface area contributed by atoms with E-state index in [1.54, 1.807) is 29.9 Å². The second-order valence-corrected chi connectivity index (χ2v) is 12.6. The van der Waals surface area contributed by atoms with E-state index < -0.39 is 23.7 Å². The number of rotatable bonds is 7. The van der Waals surface area contributed by atoms with Crippen LogP contribution >= 0.6 is 15.9 Å². The summed E-state index contributed by atoms with van der Waals surface area (Å²) in [5.41, 5.74) is 1.32. The molecule has 1 aromatic carbocycles. The molecule has 0 radical (unpaired) electrons. The number of ether oxygens (including phenoxy) is 1. The molecule has 46 heavy (non-hydrogen) atoms. The van der Waals surface area contributed by atoms with Crippen molar-refractivity contribution in [3.8, 4) is 17.5 Å². The quantitative estimate of drug-likeness (QED) is 0.259. The molecule has 242 valence electrons. The van der Waals surface area contributed by atoms with E-state index in [4.69, 9.17) is 9.72 Å². The van der Waals surface area contributed by atoms with Crippen molar-refractivity contribution in [3.63, 3.8) is 0 Å². The van der Waals surface area contributed by atoms with Gasteiger partial charge in [0.1, 0.15) is 6.61 Å². The monoisotopic (exact) mass is 699 g/mol. The lowest BCUT2D eigenvalue weighted by atomic mass is 9.98. The van der Waals surface area contributed by atoms with Crippen LogP contribution in [0.3, 0.4) is 0 Å². The first-order chi connectivity index (χ1) is 21.9. The maximum absolute atomic E-state index is 14.2. The van der Waals surface area contributed by atoms with Gasteiger partial charge in [-0.05, 0) is 83.5 Å². The van der Waals surface area contributed by atoms with E-state index >= 15 is 0 Å². The first-order valence-electron chi connectivity index (χ1n) is 15.1. The fourth-order valence-corrected chi connectivity index (χ4v) is 6.51. The smallest absolute Gasteiger partial charge is 0.417 e. The Hall–Kier alpha value is -4.04. The minimum absolute atomic E-state index is 0.0584. The second-order valence-electron chi connectivity index (χ2n) is 11.7. The van der Waals surface area contributed by atoms with Crippen molar-refractivity contribution in [2.75, 3.05) is 26.2 Å². The lowest BCUT2D eigenvalue weighted by Crippen LogP contribution is -2.46. The van der Waals surface area contributed by atoms with Gasteiger partial charge >= 0.3 is 6.18 Å². The lowest BCUT2D eigenvalue weighted by Gasteiger charge is -2.34. The fraction of sp³-hybridized carbons (Fsp3) is 0.406. The van der Waals surface area contributed by atoms with E-state index in [0.717, 1.165) is 37.1 Å². The van der Waals surface area contributed by atoms with Crippen LogP contribution in [0.25, 0.3) is 11.6 Å². The second kappa shape index (κ2) is 12.6. The van der Waals surface area contributed by atoms with Gasteiger partial charge in [0.25, 0.3) is 11.5 Å². The summed E-state index contributed by atoms with van der Waals surface area (Å²) in [6, 6.07) is 8.25. The highest BCUT2D eigenvalue weighted by Gasteiger charge is 2.36. The number of likely N-dealkylation sites (tertiary alicyclic amines) is 1. The molecule has 2 aliphatic heterocycles. The molecule has 3 aromatic heterocycles. The Labute approximate surface area is 271 Å². The minimum atomic E-state index is -4.64. The van der Waals surface area contributed by atoms with Crippen LogP contribution in [0.4, 0.5) is 13.2 Å². The molecule has 1 amide bonds. The number of pyridine rings is 1. The normalized spacial score (nSPS) is 16.9. The van der Waals surface area contributed by atoms with Gasteiger partial charge in [0.15, 0.2) is 0 Å². The summed E-state index contributed by atoms with van der Waals surface area (Å²) >= 11 is 2.93. The SMILES string of the molecule is Cc1cc(C)n(-c2nc3c(c(=O)n2-c2ccc(OCCN4CCCC4)nc2)CC(C)N(C(=O)c2ccc(Br)c(C(F)(F)F)c2)C3)n1. The van der Waals surface area contributed by atoms with E-state index in [9.17, 15) is 22.8 Å². The molecule has 10 nitrogen and oxygen atoms in total. The average molecular weight is 701 g/mol. The Kier molecular flexibility index (Phi) is 8.77. The van der Waals surface area contributed by atoms with Crippen molar-refractivity contribution >= 4 is 21.8 Å². The summed E-state index contributed by atoms with van der Waals surface area (Å²) in [6.07, 6.45) is -0.504. The van der Waals surface area contributed by atoms with E-state index in [-0.39, 0.29) is 34.5 Å². The molecule has 1 saturated heterocycles. The number of halogens is 4. The summed E-state index contributed by atoms with van der Waals surface area (Å²) in [5, 5.41) is 4.56. The number of carbonyl (C=O) groups is 1. The van der Waals surface area contributed by atoms with Crippen LogP contribution in [0.15, 0.2) is 51.9 Å². The third-order valence-electron chi connectivity index (χ3n) is 8.41. The van der Waals surface area contributed by atoms with Crippen molar-refractivity contribution < 1.29 is 22.7 Å². The number of fused-ring (bicyclic) bond motifs is 1. The first-order valence-corrected chi connectivity index (χ1v) is 15.9. The first kappa shape index (κ1) is 31.9. The molecule has 0 bridgehead atoms. The summed E-state index contributed by atoms with van der Waals surface area (Å²) < 4.78 is 49.5. The van der Waals surface area contributed by atoms with E-state index in [0.29, 0.717) is 29.4 Å². The van der Waals surface area contributed by atoms with Crippen molar-refractivity contribution in [1.29, 1.82) is 0 Å². The van der Waals surface area contributed by atoms with Gasteiger partial charge in [0.2, 0.25) is 11.8 Å². The molecule has 6 rings (SSSR count). The maximum atomic E-state index is 14.2. The van der Waals surface area contributed by atoms with Crippen LogP contribution in [0.5, 0.6) is 5.88 Å². The number of hydrogen-bond acceptors (Lipinski definition) is 7. The minimum Gasteiger partial charge on any atom is -0.476 e. The van der Waals surface area contributed by atoms with Gasteiger partial charge in [0, 0.05) is 39.9 Å². The zero-order chi connectivity index (χ0) is 32.7. The predicted octanol–water partition coefficient (Wildman–Crippen LogP) is 5.27. The summed E-state index contributed by atoms with van der Waals surface area (Å²) in [4.78, 5) is 40.9. The third kappa shape index (κ3) is 6.32. The molecule has 14 heteroatoms. The highest BCUT2D eigenvalue weighted by atomic mass is 79.9. The largest absolute Gasteiger partial charge is 0.476 e. The number of hydrogen-bond donors (Lipinski definition) is 0. The molecule has 1 atom stereocenters. The Morgan fingerprint density at radius 2 is 1.87 bits per heavy atom. The standard InChI is InChI=1S/C32H33BrF3N7O3/c1-19-14-21(3)43(39-19)31-38-27-18-41(29(44)22-6-8-26(33)25(16-22)32(34,35)36)20(2)15-24(27)30(45)42(31)23-7-9-28(37-17-23)46-13-12-40-10-4-5-11-40/h6-9,14,16-17,20H,4-5,10-13,15,18H2,1-3H3. The Balaban J connectivity index is 1.34. The van der Waals surface area contributed by atoms with Gasteiger partial charge in [-0.3, -0.25) is 14.5 Å². The third-order valence-corrected chi connectivity index (χ3v) is 9.10. The van der Waals surface area contributed by atoms with E-state index in [2.05, 4.69) is 30.9 Å². The highest BCUT2D eigenvalue weighted by Crippen LogP contribution is 2.36. The molecular formula is C32H33BrF3N7O3. The summed E-state index contributed by atoms with van der Waals surface area (Å²) in [5.74, 6) is 0.0714. The van der Waals surface area contributed by atoms with Crippen molar-refractivity contribution in [2.45, 2.75) is 58.8 Å². The number of carbonyl (C=O) groups excluding carboxylic acids is 1. The zero-order valence-corrected chi connectivity index (χ0v) is 27.2. The summed E-state index contributed by atoms with van der Waals surface area (Å²) in [6.45, 7) is 8.86. The molecule has 0 spiro atoms. The number of aryl methyl sites for hydroxylation is 2. The molecule has 2 aliphatic rings. The number of amides is 1. The van der Waals surface area contributed by atoms with Gasteiger partial charge in [-0.2, -0.15) is 18.3 Å². The van der Waals surface area contributed by atoms with Crippen LogP contribution in [-0.2, 0) is 19.1 Å². The highest BCUT2D eigenvalue weighted by molar-refractivity contribution is 9.10. The molecule has 0 aliphatic carbocycles. The molecule has 0 N–H and O–H groups in total. The Morgan fingerprint density at radius 1 is 1.11 bits per heavy atom. The zero-order valence-electron chi connectivity index (χ0n) is 25.6. The van der Waals surface area contributed by atoms with Crippen LogP contribution in [0, 0.1) is 13.8 Å². The Morgan fingerprint density at radius 3 is 2.52 bits per heavy atom. The molecule has 1 fully saturated rings. The summed E-state index contributed by atoms with van der Waals surface area (Å²) in [7, 11) is 0. The number of alkyl halides is 3. The van der Waals surface area contributed by atoms with Crippen LogP contribution in [-0.4, -0.2) is 72.3 Å². The van der Waals surface area contributed by atoms with Crippen molar-refractivity contribution in [3.05, 3.63) is 91.2 Å². The topological polar surface area (TPSA) is 98.4 Å². The van der Waals surface area contributed by atoms with Crippen molar-refractivity contribution in [1.82, 2.24) is 34.1 Å². The van der Waals surface area contributed by atoms with Gasteiger partial charge in [-0.15, -0.1) is 0 Å². The molecule has 1 unspecified atom stereocenters. The van der Waals surface area contributed by atoms with Gasteiger partial charge in [0.05, 0.1) is 35.4 Å². The predicted molar refractivity (Wildman–Crippen MR) is 168 cm³/mol. The fourth-order valence-electron chi connectivity index (χ4n) is 6.04. The number of nitrogens with zero attached hydrogens (tertiary/aromatic N) is 7. The Bertz CT molecular complexity index is 1830. The molecular weight excluding hydrogens is 667 g/mol. The van der Waals surface area contributed by atoms with Crippen LogP contribution in [0.1, 0.15) is 58.3 Å². The molecule has 5 heterocycles. The van der Waals surface area contributed by atoms with Crippen molar-refractivity contribution in [2.24, 2.45) is 0 Å². The van der Waals surface area contributed by atoms with Gasteiger partial charge < -0.3 is 9.64 Å². The van der Waals surface area contributed by atoms with Gasteiger partial charge in [-0.1, -0.05) is 15.9 Å². The molecule has 4 aromatic rings. The van der Waals surface area contributed by atoms with Crippen LogP contribution in [0.2, 0.25) is 0 Å². The van der Waals surface area contributed by atoms with Crippen LogP contribution < -0.4 is 10.3 Å². The number of benzene rings is 1. The maximum Gasteiger partial charge on any atom is 0.417 e. The average Bonchev–Trinajstić information content (AvgIpc) is 3.65. The van der Waals surface area contributed by atoms with Gasteiger partial charge in [-0.25, -0.2) is 19.2 Å². The number of aromatic nitrogens is 5. The molecule has 0 saturated carbocycles. The van der Waals surface area contributed by atoms with E-state index in [1.165, 1.54) is 34.4 Å². The van der Waals surface area contributed by atoms with E-state index in [1.807, 2.05) is 19.9 Å².